The van der Waals surface area contributed by atoms with E-state index >= 15 is 0 Å². The topological polar surface area (TPSA) is 43.8 Å². The van der Waals surface area contributed by atoms with Crippen LogP contribution in [0.5, 0.6) is 0 Å². The first-order valence-electron chi connectivity index (χ1n) is 5.26. The van der Waals surface area contributed by atoms with Crippen molar-refractivity contribution in [1.29, 1.82) is 0 Å². The van der Waals surface area contributed by atoms with Crippen LogP contribution in [0.25, 0.3) is 0 Å². The molecule has 2 rings (SSSR count). The lowest BCUT2D eigenvalue weighted by molar-refractivity contribution is 0.142. The van der Waals surface area contributed by atoms with Crippen LogP contribution in [-0.2, 0) is 0 Å². The van der Waals surface area contributed by atoms with Gasteiger partial charge in [-0.3, -0.25) is 0 Å². The molecule has 1 fully saturated rings. The number of benzene rings is 1. The predicted molar refractivity (Wildman–Crippen MR) is 63.2 cm³/mol. The van der Waals surface area contributed by atoms with Crippen LogP contribution in [0.1, 0.15) is 0 Å². The van der Waals surface area contributed by atoms with Gasteiger partial charge in [-0.2, -0.15) is 0 Å². The Labute approximate surface area is 103 Å². The molecular formula is C11H12ClFN2O2. The Kier molecular flexibility index (Phi) is 3.38. The predicted octanol–water partition coefficient (Wildman–Crippen LogP) is 2.28. The number of nitrogens with zero attached hydrogens (tertiary/aromatic N) is 2. The molecule has 0 aromatic heterocycles. The molecule has 1 heterocycles. The fourth-order valence-corrected chi connectivity index (χ4v) is 2.10. The fourth-order valence-electron chi connectivity index (χ4n) is 1.87. The number of halogens is 2. The SMILES string of the molecule is O=C(O)N1CCN(c2cc(F)ccc2Cl)CC1. The van der Waals surface area contributed by atoms with Gasteiger partial charge in [0.1, 0.15) is 5.82 Å². The standard InChI is InChI=1S/C11H12ClFN2O2/c12-9-2-1-8(13)7-10(9)14-3-5-15(6-4-14)11(16)17/h1-2,7H,3-6H2,(H,16,17). The molecule has 0 atom stereocenters. The first-order chi connectivity index (χ1) is 8.08. The lowest BCUT2D eigenvalue weighted by Crippen LogP contribution is -2.48. The van der Waals surface area contributed by atoms with E-state index in [0.29, 0.717) is 36.9 Å². The molecule has 1 aromatic carbocycles. The molecule has 0 radical (unpaired) electrons. The average Bonchev–Trinajstić information content (AvgIpc) is 2.32. The molecule has 0 aliphatic carbocycles. The lowest BCUT2D eigenvalue weighted by Gasteiger charge is -2.35. The van der Waals surface area contributed by atoms with Crippen LogP contribution < -0.4 is 4.90 Å². The van der Waals surface area contributed by atoms with Gasteiger partial charge in [0.25, 0.3) is 0 Å². The summed E-state index contributed by atoms with van der Waals surface area (Å²) in [5.74, 6) is -0.343. The van der Waals surface area contributed by atoms with Crippen LogP contribution in [0, 0.1) is 5.82 Å². The second-order valence-electron chi connectivity index (χ2n) is 3.85. The van der Waals surface area contributed by atoms with Gasteiger partial charge in [0.2, 0.25) is 0 Å². The molecule has 17 heavy (non-hydrogen) atoms. The van der Waals surface area contributed by atoms with Crippen LogP contribution in [0.15, 0.2) is 18.2 Å². The summed E-state index contributed by atoms with van der Waals surface area (Å²) in [6.45, 7) is 1.86. The monoisotopic (exact) mass is 258 g/mol. The lowest BCUT2D eigenvalue weighted by atomic mass is 10.2. The van der Waals surface area contributed by atoms with Crippen molar-refractivity contribution < 1.29 is 14.3 Å². The van der Waals surface area contributed by atoms with Crippen molar-refractivity contribution >= 4 is 23.4 Å². The van der Waals surface area contributed by atoms with Crippen LogP contribution in [-0.4, -0.2) is 42.3 Å². The molecule has 1 amide bonds. The molecule has 92 valence electrons. The Morgan fingerprint density at radius 1 is 1.29 bits per heavy atom. The summed E-state index contributed by atoms with van der Waals surface area (Å²) in [4.78, 5) is 14.0. The van der Waals surface area contributed by atoms with Gasteiger partial charge in [-0.25, -0.2) is 9.18 Å². The number of hydrogen-bond donors (Lipinski definition) is 1. The molecule has 1 aliphatic rings. The van der Waals surface area contributed by atoms with E-state index in [1.807, 2.05) is 4.90 Å². The van der Waals surface area contributed by atoms with Crippen LogP contribution in [0.2, 0.25) is 5.02 Å². The van der Waals surface area contributed by atoms with Gasteiger partial charge in [0.05, 0.1) is 10.7 Å². The quantitative estimate of drug-likeness (QED) is 0.840. The molecule has 1 aliphatic heterocycles. The molecule has 1 aromatic rings. The smallest absolute Gasteiger partial charge is 0.407 e. The molecule has 0 bridgehead atoms. The van der Waals surface area contributed by atoms with E-state index in [4.69, 9.17) is 16.7 Å². The minimum absolute atomic E-state index is 0.343. The molecular weight excluding hydrogens is 247 g/mol. The number of carboxylic acid groups (broad SMARTS) is 1. The summed E-state index contributed by atoms with van der Waals surface area (Å²) in [5.41, 5.74) is 0.622. The summed E-state index contributed by atoms with van der Waals surface area (Å²) in [7, 11) is 0. The Bertz CT molecular complexity index is 433. The average molecular weight is 259 g/mol. The third-order valence-electron chi connectivity index (χ3n) is 2.80. The van der Waals surface area contributed by atoms with Crippen molar-refractivity contribution in [2.24, 2.45) is 0 Å². The highest BCUT2D eigenvalue weighted by molar-refractivity contribution is 6.33. The van der Waals surface area contributed by atoms with E-state index in [2.05, 4.69) is 0 Å². The first kappa shape index (κ1) is 12.0. The second kappa shape index (κ2) is 4.79. The van der Waals surface area contributed by atoms with E-state index in [1.54, 1.807) is 0 Å². The van der Waals surface area contributed by atoms with Crippen molar-refractivity contribution in [2.75, 3.05) is 31.1 Å². The van der Waals surface area contributed by atoms with Crippen LogP contribution in [0.3, 0.4) is 0 Å². The highest BCUT2D eigenvalue weighted by atomic mass is 35.5. The van der Waals surface area contributed by atoms with Crippen LogP contribution >= 0.6 is 11.6 Å². The van der Waals surface area contributed by atoms with E-state index in [-0.39, 0.29) is 5.82 Å². The Hall–Kier alpha value is -1.49. The minimum Gasteiger partial charge on any atom is -0.465 e. The number of amides is 1. The van der Waals surface area contributed by atoms with Crippen molar-refractivity contribution in [2.45, 2.75) is 0 Å². The van der Waals surface area contributed by atoms with Gasteiger partial charge in [-0.1, -0.05) is 11.6 Å². The summed E-state index contributed by atoms with van der Waals surface area (Å²) in [6.07, 6.45) is -0.921. The van der Waals surface area contributed by atoms with E-state index in [0.717, 1.165) is 0 Å². The Morgan fingerprint density at radius 2 is 1.94 bits per heavy atom. The highest BCUT2D eigenvalue weighted by Gasteiger charge is 2.21. The van der Waals surface area contributed by atoms with E-state index in [9.17, 15) is 9.18 Å². The maximum absolute atomic E-state index is 13.1. The third kappa shape index (κ3) is 2.61. The number of anilines is 1. The van der Waals surface area contributed by atoms with Gasteiger partial charge in [-0.05, 0) is 18.2 Å². The van der Waals surface area contributed by atoms with Gasteiger partial charge in [0, 0.05) is 26.2 Å². The summed E-state index contributed by atoms with van der Waals surface area (Å²) in [6, 6.07) is 4.19. The molecule has 0 saturated carbocycles. The van der Waals surface area contributed by atoms with Crippen molar-refractivity contribution in [3.63, 3.8) is 0 Å². The molecule has 1 N–H and O–H groups in total. The maximum Gasteiger partial charge on any atom is 0.407 e. The van der Waals surface area contributed by atoms with Crippen molar-refractivity contribution in [1.82, 2.24) is 4.90 Å². The summed E-state index contributed by atoms with van der Waals surface area (Å²) >= 11 is 5.99. The van der Waals surface area contributed by atoms with Gasteiger partial charge >= 0.3 is 6.09 Å². The zero-order valence-electron chi connectivity index (χ0n) is 9.07. The second-order valence-corrected chi connectivity index (χ2v) is 4.26. The van der Waals surface area contributed by atoms with E-state index in [1.165, 1.54) is 23.1 Å². The maximum atomic E-state index is 13.1. The molecule has 0 spiro atoms. The first-order valence-corrected chi connectivity index (χ1v) is 5.63. The largest absolute Gasteiger partial charge is 0.465 e. The Morgan fingerprint density at radius 3 is 2.53 bits per heavy atom. The normalized spacial score (nSPS) is 16.1. The summed E-state index contributed by atoms with van der Waals surface area (Å²) < 4.78 is 13.1. The number of rotatable bonds is 1. The van der Waals surface area contributed by atoms with Crippen molar-refractivity contribution in [3.8, 4) is 0 Å². The minimum atomic E-state index is -0.921. The van der Waals surface area contributed by atoms with Gasteiger partial charge < -0.3 is 14.9 Å². The molecule has 4 nitrogen and oxygen atoms in total. The van der Waals surface area contributed by atoms with E-state index < -0.39 is 6.09 Å². The van der Waals surface area contributed by atoms with Crippen molar-refractivity contribution in [3.05, 3.63) is 29.0 Å². The number of carbonyl (C=O) groups is 1. The zero-order chi connectivity index (χ0) is 12.4. The Balaban J connectivity index is 2.10. The summed E-state index contributed by atoms with van der Waals surface area (Å²) in [5, 5.41) is 9.30. The molecule has 1 saturated heterocycles. The molecule has 6 heteroatoms. The van der Waals surface area contributed by atoms with Gasteiger partial charge in [-0.15, -0.1) is 0 Å². The third-order valence-corrected chi connectivity index (χ3v) is 3.12. The van der Waals surface area contributed by atoms with Gasteiger partial charge in [0.15, 0.2) is 0 Å². The molecule has 0 unspecified atom stereocenters. The number of hydrogen-bond acceptors (Lipinski definition) is 2. The van der Waals surface area contributed by atoms with Crippen LogP contribution in [0.4, 0.5) is 14.9 Å². The fraction of sp³-hybridized carbons (Fsp3) is 0.364. The zero-order valence-corrected chi connectivity index (χ0v) is 9.82. The number of piperazine rings is 1. The highest BCUT2D eigenvalue weighted by Crippen LogP contribution is 2.27.